The zero-order valence-electron chi connectivity index (χ0n) is 11.4. The van der Waals surface area contributed by atoms with E-state index < -0.39 is 11.5 Å². The normalized spacial score (nSPS) is 14.3. The maximum atomic E-state index is 11.3. The molecule has 0 saturated carbocycles. The molecule has 3 N–H and O–H groups in total. The highest BCUT2D eigenvalue weighted by molar-refractivity contribution is 7.99. The van der Waals surface area contributed by atoms with Crippen LogP contribution in [0, 0.1) is 0 Å². The van der Waals surface area contributed by atoms with Crippen LogP contribution in [0.25, 0.3) is 0 Å². The van der Waals surface area contributed by atoms with Gasteiger partial charge in [0.25, 0.3) is 0 Å². The molecule has 0 radical (unpaired) electrons. The molecule has 1 atom stereocenters. The number of thioether (sulfide) groups is 1. The number of H-pyrrole nitrogens is 1. The summed E-state index contributed by atoms with van der Waals surface area (Å²) in [4.78, 5) is 22.4. The molecule has 19 heavy (non-hydrogen) atoms. The summed E-state index contributed by atoms with van der Waals surface area (Å²) in [6.07, 6.45) is 1.80. The van der Waals surface area contributed by atoms with E-state index in [2.05, 4.69) is 15.5 Å². The van der Waals surface area contributed by atoms with Crippen molar-refractivity contribution in [2.24, 2.45) is 7.05 Å². The number of aliphatic carboxylic acids is 1. The lowest BCUT2D eigenvalue weighted by atomic mass is 9.91. The summed E-state index contributed by atoms with van der Waals surface area (Å²) in [7, 11) is 3.32. The Morgan fingerprint density at radius 2 is 2.32 bits per heavy atom. The van der Waals surface area contributed by atoms with E-state index in [1.165, 1.54) is 16.3 Å². The molecule has 0 aliphatic rings. The van der Waals surface area contributed by atoms with Crippen molar-refractivity contribution in [1.29, 1.82) is 0 Å². The fourth-order valence-corrected chi connectivity index (χ4v) is 2.70. The Bertz CT molecular complexity index is 479. The number of carboxylic acid groups (broad SMARTS) is 1. The number of hydrogen-bond acceptors (Lipinski definition) is 5. The molecular weight excluding hydrogens is 268 g/mol. The van der Waals surface area contributed by atoms with Crippen molar-refractivity contribution in [3.63, 3.8) is 0 Å². The Hall–Kier alpha value is -1.28. The smallest absolute Gasteiger partial charge is 0.343 e. The second-order valence-corrected chi connectivity index (χ2v) is 5.38. The third-order valence-corrected chi connectivity index (χ3v) is 4.43. The Morgan fingerprint density at radius 3 is 2.74 bits per heavy atom. The molecule has 1 aromatic rings. The van der Waals surface area contributed by atoms with Gasteiger partial charge >= 0.3 is 11.7 Å². The molecule has 1 rings (SSSR count). The van der Waals surface area contributed by atoms with Crippen LogP contribution in [-0.4, -0.2) is 44.2 Å². The number of aromatic amines is 1. The summed E-state index contributed by atoms with van der Waals surface area (Å²) in [5.41, 5.74) is -1.11. The summed E-state index contributed by atoms with van der Waals surface area (Å²) in [6.45, 7) is 1.86. The average molecular weight is 288 g/mol. The Labute approximate surface area is 115 Å². The lowest BCUT2D eigenvalue weighted by Gasteiger charge is -2.27. The summed E-state index contributed by atoms with van der Waals surface area (Å²) >= 11 is 1.44. The average Bonchev–Trinajstić information content (AvgIpc) is 2.71. The Balaban J connectivity index is 2.48. The van der Waals surface area contributed by atoms with E-state index in [-0.39, 0.29) is 5.69 Å². The van der Waals surface area contributed by atoms with Crippen LogP contribution in [-0.2, 0) is 11.8 Å². The van der Waals surface area contributed by atoms with Crippen molar-refractivity contribution in [3.8, 4) is 0 Å². The topological polar surface area (TPSA) is 100 Å². The first-order valence-electron chi connectivity index (χ1n) is 6.13. The third-order valence-electron chi connectivity index (χ3n) is 3.31. The second-order valence-electron chi connectivity index (χ2n) is 4.31. The standard InChI is InChI=1S/C11H20N4O3S/c1-4-11(12-2,8(16)17)6-5-7-19-10-14-13-9(18)15(10)3/h12H,4-7H2,1-3H3,(H,13,18)(H,16,17). The number of nitrogens with zero attached hydrogens (tertiary/aromatic N) is 2. The van der Waals surface area contributed by atoms with E-state index in [9.17, 15) is 14.7 Å². The van der Waals surface area contributed by atoms with Crippen LogP contribution in [0.2, 0.25) is 0 Å². The molecule has 7 nitrogen and oxygen atoms in total. The van der Waals surface area contributed by atoms with Crippen LogP contribution < -0.4 is 11.0 Å². The van der Waals surface area contributed by atoms with Gasteiger partial charge in [-0.1, -0.05) is 18.7 Å². The maximum absolute atomic E-state index is 11.3. The van der Waals surface area contributed by atoms with Gasteiger partial charge in [-0.25, -0.2) is 9.89 Å². The van der Waals surface area contributed by atoms with E-state index in [4.69, 9.17) is 0 Å². The fourth-order valence-electron chi connectivity index (χ4n) is 1.84. The monoisotopic (exact) mass is 288 g/mol. The molecule has 0 aliphatic heterocycles. The van der Waals surface area contributed by atoms with E-state index in [1.807, 2.05) is 6.92 Å². The van der Waals surface area contributed by atoms with Gasteiger partial charge in [0, 0.05) is 12.8 Å². The number of carbonyl (C=O) groups is 1. The van der Waals surface area contributed by atoms with Gasteiger partial charge in [0.05, 0.1) is 0 Å². The molecule has 0 fully saturated rings. The van der Waals surface area contributed by atoms with E-state index in [1.54, 1.807) is 14.1 Å². The van der Waals surface area contributed by atoms with Gasteiger partial charge < -0.3 is 10.4 Å². The lowest BCUT2D eigenvalue weighted by molar-refractivity contribution is -0.145. The second kappa shape index (κ2) is 6.76. The van der Waals surface area contributed by atoms with E-state index in [0.29, 0.717) is 18.0 Å². The van der Waals surface area contributed by atoms with Crippen LogP contribution in [0.4, 0.5) is 0 Å². The molecular formula is C11H20N4O3S. The largest absolute Gasteiger partial charge is 0.480 e. The molecule has 8 heteroatoms. The fraction of sp³-hybridized carbons (Fsp3) is 0.727. The van der Waals surface area contributed by atoms with Crippen molar-refractivity contribution in [2.75, 3.05) is 12.8 Å². The predicted octanol–water partition coefficient (Wildman–Crippen LogP) is 0.434. The number of rotatable bonds is 8. The van der Waals surface area contributed by atoms with Crippen molar-refractivity contribution >= 4 is 17.7 Å². The molecule has 0 amide bonds. The molecule has 1 aromatic heterocycles. The first-order chi connectivity index (χ1) is 8.96. The van der Waals surface area contributed by atoms with Crippen LogP contribution >= 0.6 is 11.8 Å². The molecule has 1 unspecified atom stereocenters. The summed E-state index contributed by atoms with van der Waals surface area (Å²) < 4.78 is 1.44. The van der Waals surface area contributed by atoms with Crippen LogP contribution in [0.5, 0.6) is 0 Å². The maximum Gasteiger partial charge on any atom is 0.343 e. The molecule has 108 valence electrons. The summed E-state index contributed by atoms with van der Waals surface area (Å²) in [5.74, 6) is -0.107. The molecule has 0 aliphatic carbocycles. The van der Waals surface area contributed by atoms with Gasteiger partial charge in [0.2, 0.25) is 0 Å². The predicted molar refractivity (Wildman–Crippen MR) is 73.5 cm³/mol. The quantitative estimate of drug-likeness (QED) is 0.474. The molecule has 1 heterocycles. The van der Waals surface area contributed by atoms with Crippen LogP contribution in [0.3, 0.4) is 0 Å². The number of nitrogens with one attached hydrogen (secondary N) is 2. The van der Waals surface area contributed by atoms with Gasteiger partial charge in [-0.05, 0) is 26.3 Å². The zero-order valence-corrected chi connectivity index (χ0v) is 12.2. The van der Waals surface area contributed by atoms with Crippen LogP contribution in [0.15, 0.2) is 9.95 Å². The molecule has 0 bridgehead atoms. The number of hydrogen-bond donors (Lipinski definition) is 3. The molecule has 0 saturated heterocycles. The zero-order chi connectivity index (χ0) is 14.5. The van der Waals surface area contributed by atoms with Gasteiger partial charge in [-0.2, -0.15) is 0 Å². The molecule has 0 aromatic carbocycles. The lowest BCUT2D eigenvalue weighted by Crippen LogP contribution is -2.49. The first kappa shape index (κ1) is 15.8. The highest BCUT2D eigenvalue weighted by Crippen LogP contribution is 2.21. The van der Waals surface area contributed by atoms with Gasteiger partial charge in [-0.3, -0.25) is 9.36 Å². The minimum absolute atomic E-state index is 0.244. The van der Waals surface area contributed by atoms with Crippen LogP contribution in [0.1, 0.15) is 26.2 Å². The van der Waals surface area contributed by atoms with Gasteiger partial charge in [0.1, 0.15) is 5.54 Å². The Morgan fingerprint density at radius 1 is 1.63 bits per heavy atom. The van der Waals surface area contributed by atoms with Crippen molar-refractivity contribution in [3.05, 3.63) is 10.5 Å². The SMILES string of the molecule is CCC(CCCSc1n[nH]c(=O)n1C)(NC)C(=O)O. The summed E-state index contributed by atoms with van der Waals surface area (Å²) in [5, 5.41) is 19.0. The number of carboxylic acids is 1. The van der Waals surface area contributed by atoms with Crippen molar-refractivity contribution < 1.29 is 9.90 Å². The van der Waals surface area contributed by atoms with Crippen molar-refractivity contribution in [2.45, 2.75) is 36.9 Å². The third kappa shape index (κ3) is 3.60. The van der Waals surface area contributed by atoms with Gasteiger partial charge in [0.15, 0.2) is 5.16 Å². The molecule has 0 spiro atoms. The summed E-state index contributed by atoms with van der Waals surface area (Å²) in [6, 6.07) is 0. The van der Waals surface area contributed by atoms with Gasteiger partial charge in [-0.15, -0.1) is 5.10 Å². The van der Waals surface area contributed by atoms with E-state index >= 15 is 0 Å². The highest BCUT2D eigenvalue weighted by Gasteiger charge is 2.34. The number of likely N-dealkylation sites (N-methyl/N-ethyl adjacent to an activating group) is 1. The highest BCUT2D eigenvalue weighted by atomic mass is 32.2. The van der Waals surface area contributed by atoms with E-state index in [0.717, 1.165) is 12.2 Å². The van der Waals surface area contributed by atoms with Crippen molar-refractivity contribution in [1.82, 2.24) is 20.1 Å². The minimum atomic E-state index is -0.863. The first-order valence-corrected chi connectivity index (χ1v) is 7.12. The minimum Gasteiger partial charge on any atom is -0.480 e. The Kier molecular flexibility index (Phi) is 5.61. The number of aromatic nitrogens is 3.